The third kappa shape index (κ3) is 9.49. The first-order chi connectivity index (χ1) is 20.1. The highest BCUT2D eigenvalue weighted by molar-refractivity contribution is 6.04. The zero-order valence-electron chi connectivity index (χ0n) is 21.3. The molecule has 0 saturated carbocycles. The fourth-order valence-corrected chi connectivity index (χ4v) is 3.24. The van der Waals surface area contributed by atoms with Gasteiger partial charge in [-0.2, -0.15) is 36.3 Å². The van der Waals surface area contributed by atoms with Gasteiger partial charge in [-0.25, -0.2) is 13.6 Å². The van der Waals surface area contributed by atoms with Gasteiger partial charge >= 0.3 is 18.3 Å². The summed E-state index contributed by atoms with van der Waals surface area (Å²) in [6.45, 7) is -0.328. The van der Waals surface area contributed by atoms with Crippen LogP contribution in [0.3, 0.4) is 0 Å². The molecule has 4 aromatic rings. The van der Waals surface area contributed by atoms with E-state index in [1.54, 1.807) is 18.3 Å². The molecule has 4 rings (SSSR count). The lowest BCUT2D eigenvalue weighted by Crippen LogP contribution is -2.21. The number of benzene rings is 2. The van der Waals surface area contributed by atoms with E-state index in [1.807, 2.05) is 0 Å². The van der Waals surface area contributed by atoms with E-state index in [0.29, 0.717) is 5.56 Å². The van der Waals surface area contributed by atoms with Crippen molar-refractivity contribution in [1.29, 1.82) is 0 Å². The van der Waals surface area contributed by atoms with Crippen molar-refractivity contribution in [3.05, 3.63) is 107 Å². The number of alkyl halides is 6. The van der Waals surface area contributed by atoms with Crippen molar-refractivity contribution >= 4 is 17.7 Å². The summed E-state index contributed by atoms with van der Waals surface area (Å²) in [5.74, 6) is -6.22. The topological polar surface area (TPSA) is 116 Å². The minimum atomic E-state index is -5.08. The van der Waals surface area contributed by atoms with Gasteiger partial charge in [-0.05, 0) is 35.9 Å². The monoisotopic (exact) mass is 618 g/mol. The number of anilines is 1. The average molecular weight is 618 g/mol. The number of carboxylic acids is 1. The second kappa shape index (κ2) is 13.7. The lowest BCUT2D eigenvalue weighted by atomic mass is 10.1. The highest BCUT2D eigenvalue weighted by Crippen LogP contribution is 2.35. The lowest BCUT2D eigenvalue weighted by Gasteiger charge is -2.14. The summed E-state index contributed by atoms with van der Waals surface area (Å²) >= 11 is 0. The van der Waals surface area contributed by atoms with E-state index in [0.717, 1.165) is 28.9 Å². The summed E-state index contributed by atoms with van der Waals surface area (Å²) in [7, 11) is 0. The average Bonchev–Trinajstić information content (AvgIpc) is 3.35. The molecule has 0 radical (unpaired) electrons. The van der Waals surface area contributed by atoms with Crippen LogP contribution in [0.25, 0.3) is 0 Å². The van der Waals surface area contributed by atoms with Gasteiger partial charge in [0, 0.05) is 30.2 Å². The molecule has 0 atom stereocenters. The summed E-state index contributed by atoms with van der Waals surface area (Å²) in [6, 6.07) is 10.9. The Bertz CT molecular complexity index is 1540. The largest absolute Gasteiger partial charge is 0.490 e. The number of aliphatic carboxylic acids is 1. The molecule has 2 N–H and O–H groups in total. The summed E-state index contributed by atoms with van der Waals surface area (Å²) in [6.07, 6.45) is -5.38. The van der Waals surface area contributed by atoms with Crippen LogP contribution in [0.5, 0.6) is 5.75 Å². The first-order valence-corrected chi connectivity index (χ1v) is 11.6. The molecule has 0 spiro atoms. The van der Waals surface area contributed by atoms with Gasteiger partial charge in [0.2, 0.25) is 0 Å². The molecule has 228 valence electrons. The van der Waals surface area contributed by atoms with E-state index in [1.165, 1.54) is 30.6 Å². The summed E-state index contributed by atoms with van der Waals surface area (Å²) in [5.41, 5.74) is -1.24. The number of nitrogens with one attached hydrogen (secondary N) is 1. The molecule has 0 fully saturated rings. The third-order valence-electron chi connectivity index (χ3n) is 5.14. The van der Waals surface area contributed by atoms with Crippen LogP contribution in [0, 0.1) is 11.6 Å². The Hall–Kier alpha value is -5.06. The molecule has 0 bridgehead atoms. The van der Waals surface area contributed by atoms with Crippen molar-refractivity contribution in [2.75, 3.05) is 5.32 Å². The zero-order chi connectivity index (χ0) is 31.8. The van der Waals surface area contributed by atoms with Crippen LogP contribution in [0.4, 0.5) is 40.9 Å². The van der Waals surface area contributed by atoms with E-state index in [4.69, 9.17) is 19.7 Å². The van der Waals surface area contributed by atoms with Crippen LogP contribution >= 0.6 is 0 Å². The minimum absolute atomic E-state index is 0.0183. The van der Waals surface area contributed by atoms with Gasteiger partial charge in [0.05, 0.1) is 12.1 Å². The predicted molar refractivity (Wildman–Crippen MR) is 130 cm³/mol. The molecular formula is C26H18F8N4O5. The Kier molecular flexibility index (Phi) is 10.4. The van der Waals surface area contributed by atoms with Gasteiger partial charge in [-0.1, -0.05) is 18.2 Å². The second-order valence-electron chi connectivity index (χ2n) is 8.28. The highest BCUT2D eigenvalue weighted by Gasteiger charge is 2.38. The van der Waals surface area contributed by atoms with Gasteiger partial charge in [0.15, 0.2) is 11.6 Å². The van der Waals surface area contributed by atoms with Crippen LogP contribution in [0.15, 0.2) is 73.2 Å². The maximum Gasteiger partial charge on any atom is 0.490 e. The van der Waals surface area contributed by atoms with E-state index >= 15 is 0 Å². The Morgan fingerprint density at radius 1 is 0.953 bits per heavy atom. The van der Waals surface area contributed by atoms with Gasteiger partial charge in [0.25, 0.3) is 5.91 Å². The molecule has 9 nitrogen and oxygen atoms in total. The van der Waals surface area contributed by atoms with Gasteiger partial charge in [-0.15, -0.1) is 0 Å². The van der Waals surface area contributed by atoms with Crippen molar-refractivity contribution in [1.82, 2.24) is 14.8 Å². The Morgan fingerprint density at radius 3 is 2.21 bits per heavy atom. The smallest absolute Gasteiger partial charge is 0.475 e. The van der Waals surface area contributed by atoms with Gasteiger partial charge < -0.3 is 15.3 Å². The Labute approximate surface area is 236 Å². The number of amides is 1. The number of hydrogen-bond donors (Lipinski definition) is 2. The molecule has 2 heterocycles. The SMILES string of the molecule is O=C(Nc1ccn(Cc2ccc(OOCc3cccnc3)cc2C(F)(F)F)n1)c1c(F)cccc1F.O=C(O)C(F)(F)F. The predicted octanol–water partition coefficient (Wildman–Crippen LogP) is 6.02. The van der Waals surface area contributed by atoms with Crippen LogP contribution in [-0.2, 0) is 29.0 Å². The van der Waals surface area contributed by atoms with E-state index < -0.39 is 47.0 Å². The number of halogens is 8. The van der Waals surface area contributed by atoms with Crippen molar-refractivity contribution in [2.24, 2.45) is 0 Å². The minimum Gasteiger partial charge on any atom is -0.475 e. The number of rotatable bonds is 8. The van der Waals surface area contributed by atoms with E-state index in [9.17, 15) is 39.9 Å². The number of pyridine rings is 1. The Morgan fingerprint density at radius 2 is 1.63 bits per heavy atom. The fourth-order valence-electron chi connectivity index (χ4n) is 3.24. The maximum atomic E-state index is 13.8. The number of carboxylic acid groups (broad SMARTS) is 1. The zero-order valence-corrected chi connectivity index (χ0v) is 21.3. The number of carbonyl (C=O) groups excluding carboxylic acids is 1. The van der Waals surface area contributed by atoms with Gasteiger partial charge in [-0.3, -0.25) is 14.5 Å². The molecule has 0 saturated heterocycles. The molecule has 0 aliphatic carbocycles. The number of aromatic nitrogens is 3. The first-order valence-electron chi connectivity index (χ1n) is 11.6. The maximum absolute atomic E-state index is 13.8. The van der Waals surface area contributed by atoms with Crippen LogP contribution < -0.4 is 10.2 Å². The van der Waals surface area contributed by atoms with Crippen molar-refractivity contribution in [3.8, 4) is 5.75 Å². The molecule has 2 aromatic heterocycles. The van der Waals surface area contributed by atoms with Crippen LogP contribution in [-0.4, -0.2) is 37.9 Å². The molecule has 2 aromatic carbocycles. The second-order valence-corrected chi connectivity index (χ2v) is 8.28. The summed E-state index contributed by atoms with van der Waals surface area (Å²) in [5, 5.41) is 13.3. The Balaban J connectivity index is 0.000000646. The van der Waals surface area contributed by atoms with Gasteiger partial charge in [0.1, 0.15) is 23.8 Å². The molecule has 0 unspecified atom stereocenters. The number of carbonyl (C=O) groups is 2. The normalized spacial score (nSPS) is 11.3. The molecular weight excluding hydrogens is 600 g/mol. The third-order valence-corrected chi connectivity index (χ3v) is 5.14. The summed E-state index contributed by atoms with van der Waals surface area (Å²) < 4.78 is 102. The quantitative estimate of drug-likeness (QED) is 0.141. The summed E-state index contributed by atoms with van der Waals surface area (Å²) in [4.78, 5) is 35.0. The van der Waals surface area contributed by atoms with Crippen molar-refractivity contribution in [3.63, 3.8) is 0 Å². The standard InChI is InChI=1S/C24H17F5N4O3.C2HF3O2/c25-19-4-1-5-20(26)22(19)23(34)31-21-8-10-33(32-21)13-16-6-7-17(11-18(16)24(27,28)29)36-35-14-15-3-2-9-30-12-15;3-2(4,5)1(6)7/h1-12H,13-14H2,(H,31,32,34);(H,6,7). The molecule has 43 heavy (non-hydrogen) atoms. The molecule has 17 heteroatoms. The first kappa shape index (κ1) is 32.5. The molecule has 0 aliphatic rings. The lowest BCUT2D eigenvalue weighted by molar-refractivity contribution is -0.218. The number of hydrogen-bond acceptors (Lipinski definition) is 6. The van der Waals surface area contributed by atoms with E-state index in [-0.39, 0.29) is 30.3 Å². The fraction of sp³-hybridized carbons (Fsp3) is 0.154. The number of nitrogens with zero attached hydrogens (tertiary/aromatic N) is 3. The highest BCUT2D eigenvalue weighted by atomic mass is 19.4. The van der Waals surface area contributed by atoms with E-state index in [2.05, 4.69) is 15.4 Å². The van der Waals surface area contributed by atoms with Crippen molar-refractivity contribution in [2.45, 2.75) is 25.5 Å². The van der Waals surface area contributed by atoms with Crippen LogP contribution in [0.2, 0.25) is 0 Å². The molecule has 0 aliphatic heterocycles. The van der Waals surface area contributed by atoms with Crippen LogP contribution in [0.1, 0.15) is 27.0 Å². The molecule has 1 amide bonds. The van der Waals surface area contributed by atoms with Crippen molar-refractivity contribution < 1.29 is 59.6 Å².